The highest BCUT2D eigenvalue weighted by atomic mass is 79.9. The Hall–Kier alpha value is -0.133. The minimum absolute atomic E-state index is 0.606. The van der Waals surface area contributed by atoms with E-state index in [0.717, 1.165) is 17.0 Å². The van der Waals surface area contributed by atoms with Gasteiger partial charge in [0.15, 0.2) is 0 Å². The summed E-state index contributed by atoms with van der Waals surface area (Å²) in [6.45, 7) is 10.5. The Morgan fingerprint density at radius 1 is 1.47 bits per heavy atom. The Labute approximate surface area is 101 Å². The van der Waals surface area contributed by atoms with Gasteiger partial charge in [-0.2, -0.15) is 0 Å². The van der Waals surface area contributed by atoms with Gasteiger partial charge in [-0.15, -0.1) is 0 Å². The molecule has 0 N–H and O–H groups in total. The van der Waals surface area contributed by atoms with Crippen LogP contribution in [0.5, 0.6) is 0 Å². The summed E-state index contributed by atoms with van der Waals surface area (Å²) < 4.78 is 8.50. The first kappa shape index (κ1) is 12.9. The lowest BCUT2D eigenvalue weighted by Gasteiger charge is -2.15. The molecule has 0 saturated heterocycles. The number of nitrogens with zero attached hydrogens (tertiary/aromatic N) is 2. The fourth-order valence-corrected chi connectivity index (χ4v) is 2.40. The van der Waals surface area contributed by atoms with Gasteiger partial charge in [0.1, 0.15) is 17.2 Å². The maximum absolute atomic E-state index is 5.63. The number of ether oxygens (including phenoxy) is 1. The normalized spacial score (nSPS) is 12.1. The third-order valence-corrected chi connectivity index (χ3v) is 4.26. The van der Waals surface area contributed by atoms with Crippen LogP contribution in [0.25, 0.3) is 0 Å². The summed E-state index contributed by atoms with van der Waals surface area (Å²) in [5, 5.41) is 0. The molecule has 86 valence electrons. The second-order valence-electron chi connectivity index (χ2n) is 4.93. The van der Waals surface area contributed by atoms with E-state index in [4.69, 9.17) is 4.74 Å². The second-order valence-corrected chi connectivity index (χ2v) is 11.4. The average Bonchev–Trinajstić information content (AvgIpc) is 2.37. The summed E-state index contributed by atoms with van der Waals surface area (Å²) in [6.07, 6.45) is 1.95. The van der Waals surface area contributed by atoms with E-state index < -0.39 is 8.07 Å². The predicted octanol–water partition coefficient (Wildman–Crippen LogP) is 3.27. The van der Waals surface area contributed by atoms with Crippen molar-refractivity contribution in [2.45, 2.75) is 39.3 Å². The summed E-state index contributed by atoms with van der Waals surface area (Å²) in [6, 6.07) is 1.21. The molecule has 0 bridgehead atoms. The third-order valence-electron chi connectivity index (χ3n) is 2.17. The van der Waals surface area contributed by atoms with Crippen LogP contribution in [0.15, 0.2) is 10.8 Å². The Morgan fingerprint density at radius 3 is 2.60 bits per heavy atom. The maximum Gasteiger partial charge on any atom is 0.124 e. The molecule has 15 heavy (non-hydrogen) atoms. The van der Waals surface area contributed by atoms with Gasteiger partial charge in [-0.3, -0.25) is 0 Å². The van der Waals surface area contributed by atoms with Crippen LogP contribution >= 0.6 is 15.9 Å². The van der Waals surface area contributed by atoms with Gasteiger partial charge in [0.2, 0.25) is 0 Å². The highest BCUT2D eigenvalue weighted by Crippen LogP contribution is 2.10. The van der Waals surface area contributed by atoms with E-state index in [1.54, 1.807) is 0 Å². The molecule has 0 fully saturated rings. The van der Waals surface area contributed by atoms with Crippen molar-refractivity contribution >= 4 is 24.0 Å². The number of halogens is 1. The largest absolute Gasteiger partial charge is 0.361 e. The van der Waals surface area contributed by atoms with E-state index in [0.29, 0.717) is 6.73 Å². The summed E-state index contributed by atoms with van der Waals surface area (Å²) in [7, 11) is -0.963. The van der Waals surface area contributed by atoms with Crippen molar-refractivity contribution in [3.05, 3.63) is 16.6 Å². The lowest BCUT2D eigenvalue weighted by atomic mass is 10.7. The van der Waals surface area contributed by atoms with Crippen molar-refractivity contribution in [2.24, 2.45) is 0 Å². The topological polar surface area (TPSA) is 27.1 Å². The van der Waals surface area contributed by atoms with Crippen LogP contribution in [-0.4, -0.2) is 24.2 Å². The fourth-order valence-electron chi connectivity index (χ4n) is 1.14. The van der Waals surface area contributed by atoms with Crippen LogP contribution in [0.3, 0.4) is 0 Å². The van der Waals surface area contributed by atoms with Crippen molar-refractivity contribution < 1.29 is 4.74 Å². The molecule has 1 aromatic rings. The smallest absolute Gasteiger partial charge is 0.124 e. The van der Waals surface area contributed by atoms with E-state index in [1.165, 1.54) is 6.04 Å². The van der Waals surface area contributed by atoms with Gasteiger partial charge in [0, 0.05) is 20.9 Å². The molecule has 0 aliphatic rings. The second kappa shape index (κ2) is 5.27. The van der Waals surface area contributed by atoms with Crippen LogP contribution in [0, 0.1) is 6.92 Å². The molecule has 1 rings (SSSR count). The molecule has 0 atom stereocenters. The minimum atomic E-state index is -0.963. The monoisotopic (exact) mass is 290 g/mol. The molecule has 0 spiro atoms. The van der Waals surface area contributed by atoms with Crippen molar-refractivity contribution in [1.29, 1.82) is 0 Å². The Bertz CT molecular complexity index is 320. The molecule has 0 aliphatic heterocycles. The van der Waals surface area contributed by atoms with Gasteiger partial charge in [0.25, 0.3) is 0 Å². The Kier molecular flexibility index (Phi) is 4.55. The first-order chi connectivity index (χ1) is 6.88. The zero-order valence-electron chi connectivity index (χ0n) is 9.88. The summed E-state index contributed by atoms with van der Waals surface area (Å²) in [4.78, 5) is 4.25. The van der Waals surface area contributed by atoms with Crippen LogP contribution in [0.1, 0.15) is 5.82 Å². The molecule has 0 radical (unpaired) electrons. The Balaban J connectivity index is 2.29. The fraction of sp³-hybridized carbons (Fsp3) is 0.700. The minimum Gasteiger partial charge on any atom is -0.361 e. The number of rotatable bonds is 5. The molecular formula is C10H19BrN2OSi. The van der Waals surface area contributed by atoms with E-state index in [-0.39, 0.29) is 0 Å². The zero-order chi connectivity index (χ0) is 11.5. The summed E-state index contributed by atoms with van der Waals surface area (Å²) in [5.41, 5.74) is 0. The van der Waals surface area contributed by atoms with Gasteiger partial charge in [-0.05, 0) is 28.9 Å². The molecule has 1 aromatic heterocycles. The van der Waals surface area contributed by atoms with E-state index in [9.17, 15) is 0 Å². The number of imidazole rings is 1. The lowest BCUT2D eigenvalue weighted by molar-refractivity contribution is 0.0857. The van der Waals surface area contributed by atoms with Gasteiger partial charge >= 0.3 is 0 Å². The molecule has 0 unspecified atom stereocenters. The molecule has 1 heterocycles. The van der Waals surface area contributed by atoms with Gasteiger partial charge in [-0.1, -0.05) is 19.6 Å². The molecule has 0 aliphatic carbocycles. The summed E-state index contributed by atoms with van der Waals surface area (Å²) >= 11 is 3.34. The van der Waals surface area contributed by atoms with E-state index in [2.05, 4.69) is 40.6 Å². The van der Waals surface area contributed by atoms with E-state index >= 15 is 0 Å². The van der Waals surface area contributed by atoms with Crippen molar-refractivity contribution in [3.63, 3.8) is 0 Å². The first-order valence-corrected chi connectivity index (χ1v) is 9.65. The third kappa shape index (κ3) is 4.95. The summed E-state index contributed by atoms with van der Waals surface area (Å²) in [5.74, 6) is 0.981. The number of aromatic nitrogens is 2. The molecular weight excluding hydrogens is 272 g/mol. The molecule has 3 nitrogen and oxygen atoms in total. The lowest BCUT2D eigenvalue weighted by Crippen LogP contribution is -2.22. The maximum atomic E-state index is 5.63. The predicted molar refractivity (Wildman–Crippen MR) is 68.8 cm³/mol. The first-order valence-electron chi connectivity index (χ1n) is 5.15. The highest BCUT2D eigenvalue weighted by molar-refractivity contribution is 9.10. The van der Waals surface area contributed by atoms with Crippen molar-refractivity contribution in [2.75, 3.05) is 6.61 Å². The average molecular weight is 291 g/mol. The standard InChI is InChI=1S/C10H19BrN2OSi/c1-9-12-10(11)7-13(9)8-14-5-6-15(2,3)4/h7H,5-6,8H2,1-4H3. The highest BCUT2D eigenvalue weighted by Gasteiger charge is 2.12. The zero-order valence-corrected chi connectivity index (χ0v) is 12.5. The quantitative estimate of drug-likeness (QED) is 0.615. The van der Waals surface area contributed by atoms with Crippen molar-refractivity contribution in [1.82, 2.24) is 9.55 Å². The van der Waals surface area contributed by atoms with Crippen LogP contribution in [0.2, 0.25) is 25.7 Å². The SMILES string of the molecule is Cc1nc(Br)cn1COCC[Si](C)(C)C. The van der Waals surface area contributed by atoms with Crippen LogP contribution in [-0.2, 0) is 11.5 Å². The van der Waals surface area contributed by atoms with E-state index in [1.807, 2.05) is 17.7 Å². The molecule has 5 heteroatoms. The molecule has 0 amide bonds. The molecule has 0 saturated carbocycles. The van der Waals surface area contributed by atoms with Gasteiger partial charge in [0.05, 0.1) is 0 Å². The van der Waals surface area contributed by atoms with Gasteiger partial charge < -0.3 is 9.30 Å². The number of hydrogen-bond donors (Lipinski definition) is 0. The van der Waals surface area contributed by atoms with Gasteiger partial charge in [-0.25, -0.2) is 4.98 Å². The Morgan fingerprint density at radius 2 is 2.13 bits per heavy atom. The van der Waals surface area contributed by atoms with Crippen molar-refractivity contribution in [3.8, 4) is 0 Å². The van der Waals surface area contributed by atoms with Crippen LogP contribution < -0.4 is 0 Å². The number of hydrogen-bond acceptors (Lipinski definition) is 2. The van der Waals surface area contributed by atoms with Crippen LogP contribution in [0.4, 0.5) is 0 Å². The molecule has 0 aromatic carbocycles. The number of aryl methyl sites for hydroxylation is 1.